The van der Waals surface area contributed by atoms with E-state index in [4.69, 9.17) is 9.47 Å². The molecule has 5 nitrogen and oxygen atoms in total. The second kappa shape index (κ2) is 8.02. The molecule has 3 aromatic carbocycles. The van der Waals surface area contributed by atoms with E-state index < -0.39 is 0 Å². The van der Waals surface area contributed by atoms with Crippen LogP contribution >= 0.6 is 0 Å². The summed E-state index contributed by atoms with van der Waals surface area (Å²) in [6.45, 7) is 0. The lowest BCUT2D eigenvalue weighted by Crippen LogP contribution is -2.21. The van der Waals surface area contributed by atoms with Crippen molar-refractivity contribution in [2.24, 2.45) is 5.10 Å². The fraction of sp³-hybridized carbons (Fsp3) is 0.0833. The van der Waals surface area contributed by atoms with Gasteiger partial charge < -0.3 is 9.47 Å². The molecule has 0 saturated carbocycles. The van der Waals surface area contributed by atoms with Gasteiger partial charge in [-0.3, -0.25) is 4.79 Å². The van der Waals surface area contributed by atoms with Gasteiger partial charge in [0.05, 0.1) is 25.5 Å². The maximum absolute atomic E-state index is 13.3. The number of benzene rings is 3. The lowest BCUT2D eigenvalue weighted by Gasteiger charge is -2.11. The number of carbonyl (C=O) groups is 1. The third-order valence-electron chi connectivity index (χ3n) is 4.66. The molecule has 0 aromatic heterocycles. The Hall–Kier alpha value is -3.86. The summed E-state index contributed by atoms with van der Waals surface area (Å²) in [7, 11) is 3.20. The molecule has 0 radical (unpaired) electrons. The quantitative estimate of drug-likeness (QED) is 0.607. The molecule has 0 fully saturated rings. The highest BCUT2D eigenvalue weighted by Crippen LogP contribution is 2.31. The normalized spacial score (nSPS) is 14.8. The average molecular weight is 384 g/mol. The van der Waals surface area contributed by atoms with E-state index in [1.165, 1.54) is 5.01 Å². The van der Waals surface area contributed by atoms with E-state index in [1.54, 1.807) is 20.3 Å². The van der Waals surface area contributed by atoms with Gasteiger partial charge in [0.15, 0.2) is 0 Å². The number of methoxy groups -OCH3 is 2. The van der Waals surface area contributed by atoms with Crippen LogP contribution in [0.25, 0.3) is 6.08 Å². The van der Waals surface area contributed by atoms with Crippen LogP contribution in [0.15, 0.2) is 89.5 Å². The van der Waals surface area contributed by atoms with Gasteiger partial charge in [-0.1, -0.05) is 48.5 Å². The van der Waals surface area contributed by atoms with Crippen LogP contribution in [-0.2, 0) is 4.79 Å². The molecule has 0 spiro atoms. The molecule has 29 heavy (non-hydrogen) atoms. The van der Waals surface area contributed by atoms with Gasteiger partial charge in [-0.05, 0) is 36.4 Å². The number of hydrazone groups is 1. The highest BCUT2D eigenvalue weighted by molar-refractivity contribution is 6.37. The Kier molecular flexibility index (Phi) is 5.12. The molecule has 0 bridgehead atoms. The number of para-hydroxylation sites is 1. The summed E-state index contributed by atoms with van der Waals surface area (Å²) in [4.78, 5) is 13.3. The molecule has 1 aliphatic rings. The third-order valence-corrected chi connectivity index (χ3v) is 4.66. The zero-order valence-corrected chi connectivity index (χ0v) is 16.2. The second-order valence-electron chi connectivity index (χ2n) is 6.43. The molecule has 1 aliphatic heterocycles. The number of nitrogens with zero attached hydrogens (tertiary/aromatic N) is 2. The average Bonchev–Trinajstić information content (AvgIpc) is 3.11. The standard InChI is InChI=1S/C24H20N2O3/c1-28-20-13-14-22(29-2)18(15-20)16-21-23(17-9-5-3-6-10-17)25-26(24(21)27)19-11-7-4-8-12-19/h3-16H,1-2H3/b21-16+. The van der Waals surface area contributed by atoms with E-state index in [9.17, 15) is 4.79 Å². The van der Waals surface area contributed by atoms with E-state index in [2.05, 4.69) is 5.10 Å². The van der Waals surface area contributed by atoms with Crippen LogP contribution in [0.3, 0.4) is 0 Å². The van der Waals surface area contributed by atoms with E-state index in [-0.39, 0.29) is 5.91 Å². The smallest absolute Gasteiger partial charge is 0.281 e. The highest BCUT2D eigenvalue weighted by Gasteiger charge is 2.32. The molecule has 1 amide bonds. The van der Waals surface area contributed by atoms with Crippen LogP contribution in [0.1, 0.15) is 11.1 Å². The summed E-state index contributed by atoms with van der Waals surface area (Å²) in [5.41, 5.74) is 3.43. The maximum Gasteiger partial charge on any atom is 0.281 e. The Morgan fingerprint density at radius 2 is 1.55 bits per heavy atom. The fourth-order valence-corrected chi connectivity index (χ4v) is 3.21. The Balaban J connectivity index is 1.86. The third kappa shape index (κ3) is 3.62. The molecule has 1 heterocycles. The number of rotatable bonds is 5. The molecule has 0 saturated heterocycles. The van der Waals surface area contributed by atoms with Crippen molar-refractivity contribution in [2.75, 3.05) is 19.2 Å². The van der Waals surface area contributed by atoms with Crippen molar-refractivity contribution in [3.05, 3.63) is 95.6 Å². The minimum atomic E-state index is -0.195. The number of carbonyl (C=O) groups excluding carboxylic acids is 1. The van der Waals surface area contributed by atoms with Crippen LogP contribution in [-0.4, -0.2) is 25.8 Å². The predicted molar refractivity (Wildman–Crippen MR) is 114 cm³/mol. The predicted octanol–water partition coefficient (Wildman–Crippen LogP) is 4.54. The lowest BCUT2D eigenvalue weighted by molar-refractivity contribution is -0.114. The molecule has 144 valence electrons. The molecule has 3 aromatic rings. The topological polar surface area (TPSA) is 51.1 Å². The molecule has 0 atom stereocenters. The van der Waals surface area contributed by atoms with Gasteiger partial charge in [0.2, 0.25) is 0 Å². The van der Waals surface area contributed by atoms with E-state index in [1.807, 2.05) is 78.9 Å². The van der Waals surface area contributed by atoms with Gasteiger partial charge in [-0.15, -0.1) is 0 Å². The van der Waals surface area contributed by atoms with Crippen molar-refractivity contribution in [3.63, 3.8) is 0 Å². The van der Waals surface area contributed by atoms with E-state index in [0.717, 1.165) is 11.1 Å². The second-order valence-corrected chi connectivity index (χ2v) is 6.43. The SMILES string of the molecule is COc1ccc(OC)c(/C=C2/C(=O)N(c3ccccc3)N=C2c2ccccc2)c1. The number of hydrogen-bond acceptors (Lipinski definition) is 4. The van der Waals surface area contributed by atoms with E-state index >= 15 is 0 Å². The van der Waals surface area contributed by atoms with Gasteiger partial charge in [0.1, 0.15) is 17.2 Å². The number of amides is 1. The van der Waals surface area contributed by atoms with Crippen LogP contribution < -0.4 is 14.5 Å². The minimum Gasteiger partial charge on any atom is -0.497 e. The first kappa shape index (κ1) is 18.5. The van der Waals surface area contributed by atoms with Crippen molar-refractivity contribution in [3.8, 4) is 11.5 Å². The lowest BCUT2D eigenvalue weighted by atomic mass is 10.00. The van der Waals surface area contributed by atoms with Crippen LogP contribution in [0, 0.1) is 0 Å². The first-order valence-corrected chi connectivity index (χ1v) is 9.19. The van der Waals surface area contributed by atoms with Crippen LogP contribution in [0.5, 0.6) is 11.5 Å². The van der Waals surface area contributed by atoms with Crippen LogP contribution in [0.2, 0.25) is 0 Å². The summed E-state index contributed by atoms with van der Waals surface area (Å²) in [5, 5.41) is 6.08. The molecule has 4 rings (SSSR count). The summed E-state index contributed by atoms with van der Waals surface area (Å²) in [5.74, 6) is 1.14. The van der Waals surface area contributed by atoms with Crippen molar-refractivity contribution in [1.29, 1.82) is 0 Å². The first-order chi connectivity index (χ1) is 14.2. The summed E-state index contributed by atoms with van der Waals surface area (Å²) >= 11 is 0. The minimum absolute atomic E-state index is 0.195. The van der Waals surface area contributed by atoms with Gasteiger partial charge in [0, 0.05) is 11.1 Å². The van der Waals surface area contributed by atoms with Crippen molar-refractivity contribution >= 4 is 23.4 Å². The van der Waals surface area contributed by atoms with Crippen molar-refractivity contribution < 1.29 is 14.3 Å². The Morgan fingerprint density at radius 1 is 0.862 bits per heavy atom. The summed E-state index contributed by atoms with van der Waals surface area (Å²) in [6, 6.07) is 24.5. The Bertz CT molecular complexity index is 1090. The number of hydrogen-bond donors (Lipinski definition) is 0. The Morgan fingerprint density at radius 3 is 2.21 bits per heavy atom. The highest BCUT2D eigenvalue weighted by atomic mass is 16.5. The fourth-order valence-electron chi connectivity index (χ4n) is 3.21. The summed E-state index contributed by atoms with van der Waals surface area (Å²) in [6.07, 6.45) is 1.80. The van der Waals surface area contributed by atoms with Gasteiger partial charge in [-0.25, -0.2) is 0 Å². The Labute approximate surface area is 169 Å². The zero-order valence-electron chi connectivity index (χ0n) is 16.2. The molecule has 5 heteroatoms. The molecule has 0 aliphatic carbocycles. The number of ether oxygens (including phenoxy) is 2. The largest absolute Gasteiger partial charge is 0.497 e. The molecular formula is C24H20N2O3. The molecule has 0 N–H and O–H groups in total. The number of anilines is 1. The monoisotopic (exact) mass is 384 g/mol. The van der Waals surface area contributed by atoms with Crippen LogP contribution in [0.4, 0.5) is 5.69 Å². The summed E-state index contributed by atoms with van der Waals surface area (Å²) < 4.78 is 10.8. The molecule has 0 unspecified atom stereocenters. The van der Waals surface area contributed by atoms with Crippen molar-refractivity contribution in [2.45, 2.75) is 0 Å². The molecular weight excluding hydrogens is 364 g/mol. The van der Waals surface area contributed by atoms with E-state index in [0.29, 0.717) is 28.5 Å². The zero-order chi connectivity index (χ0) is 20.2. The van der Waals surface area contributed by atoms with Gasteiger partial charge in [-0.2, -0.15) is 10.1 Å². The first-order valence-electron chi connectivity index (χ1n) is 9.19. The van der Waals surface area contributed by atoms with Crippen molar-refractivity contribution in [1.82, 2.24) is 0 Å². The van der Waals surface area contributed by atoms with Gasteiger partial charge in [0.25, 0.3) is 5.91 Å². The maximum atomic E-state index is 13.3. The van der Waals surface area contributed by atoms with Gasteiger partial charge >= 0.3 is 0 Å².